The molecule has 0 unspecified atom stereocenters. The molecule has 1 heterocycles. The average Bonchev–Trinajstić information content (AvgIpc) is 2.78. The predicted molar refractivity (Wildman–Crippen MR) is 126 cm³/mol. The molecule has 0 bridgehead atoms. The first kappa shape index (κ1) is 23.8. The van der Waals surface area contributed by atoms with Crippen LogP contribution in [0.1, 0.15) is 12.6 Å². The Morgan fingerprint density at radius 1 is 1.09 bits per heavy atom. The average molecular weight is 494 g/mol. The van der Waals surface area contributed by atoms with Crippen LogP contribution >= 0.6 is 23.2 Å². The molecule has 168 valence electrons. The Balaban J connectivity index is 1.68. The van der Waals surface area contributed by atoms with E-state index in [0.29, 0.717) is 32.7 Å². The second-order valence-corrected chi connectivity index (χ2v) is 9.80. The van der Waals surface area contributed by atoms with Crippen molar-refractivity contribution in [2.24, 2.45) is 0 Å². The Kier molecular flexibility index (Phi) is 7.60. The number of hydrogen-bond donors (Lipinski definition) is 2. The van der Waals surface area contributed by atoms with Gasteiger partial charge in [-0.2, -0.15) is 0 Å². The van der Waals surface area contributed by atoms with Gasteiger partial charge in [0.25, 0.3) is 0 Å². The van der Waals surface area contributed by atoms with Gasteiger partial charge in [0, 0.05) is 23.0 Å². The number of carbonyl (C=O) groups excluding carboxylic acids is 1. The molecule has 10 heteroatoms. The van der Waals surface area contributed by atoms with Crippen molar-refractivity contribution in [2.75, 3.05) is 18.2 Å². The molecule has 3 aromatic rings. The summed E-state index contributed by atoms with van der Waals surface area (Å²) in [4.78, 5) is 16.5. The zero-order chi connectivity index (χ0) is 23.3. The van der Waals surface area contributed by atoms with E-state index >= 15 is 0 Å². The van der Waals surface area contributed by atoms with Gasteiger partial charge in [0.2, 0.25) is 0 Å². The Morgan fingerprint density at radius 3 is 2.38 bits per heavy atom. The number of benzene rings is 2. The summed E-state index contributed by atoms with van der Waals surface area (Å²) in [5.74, 6) is 0.621. The number of hydrogen-bond acceptors (Lipinski definition) is 5. The molecule has 0 aliphatic heterocycles. The normalized spacial score (nSPS) is 11.1. The number of ether oxygens (including phenoxy) is 1. The lowest BCUT2D eigenvalue weighted by Gasteiger charge is -2.14. The van der Waals surface area contributed by atoms with Gasteiger partial charge in [-0.15, -0.1) is 0 Å². The molecule has 0 saturated heterocycles. The minimum atomic E-state index is -3.32. The van der Waals surface area contributed by atoms with Gasteiger partial charge in [0.15, 0.2) is 9.84 Å². The fourth-order valence-electron chi connectivity index (χ4n) is 2.97. The maximum absolute atomic E-state index is 12.3. The highest BCUT2D eigenvalue weighted by Crippen LogP contribution is 2.41. The molecule has 0 fully saturated rings. The van der Waals surface area contributed by atoms with Crippen LogP contribution in [0, 0.1) is 0 Å². The molecule has 0 saturated carbocycles. The van der Waals surface area contributed by atoms with Crippen molar-refractivity contribution in [1.29, 1.82) is 0 Å². The number of carbonyl (C=O) groups is 1. The highest BCUT2D eigenvalue weighted by molar-refractivity contribution is 7.91. The van der Waals surface area contributed by atoms with Crippen LogP contribution in [-0.4, -0.2) is 32.3 Å². The van der Waals surface area contributed by atoms with E-state index in [0.717, 1.165) is 5.56 Å². The molecule has 0 aliphatic rings. The maximum Gasteiger partial charge on any atom is 0.319 e. The first-order valence-electron chi connectivity index (χ1n) is 9.60. The summed E-state index contributed by atoms with van der Waals surface area (Å²) < 4.78 is 29.1. The van der Waals surface area contributed by atoms with Crippen molar-refractivity contribution in [1.82, 2.24) is 10.3 Å². The van der Waals surface area contributed by atoms with Crippen LogP contribution in [0.15, 0.2) is 59.6 Å². The summed E-state index contributed by atoms with van der Waals surface area (Å²) in [5, 5.41) is 6.03. The Morgan fingerprint density at radius 2 is 1.78 bits per heavy atom. The van der Waals surface area contributed by atoms with Gasteiger partial charge in [0.05, 0.1) is 40.0 Å². The number of methoxy groups -OCH3 is 1. The van der Waals surface area contributed by atoms with Gasteiger partial charge >= 0.3 is 6.03 Å². The maximum atomic E-state index is 12.3. The molecular weight excluding hydrogens is 473 g/mol. The molecular formula is C22H21Cl2N3O4S. The number of amides is 2. The van der Waals surface area contributed by atoms with Crippen molar-refractivity contribution >= 4 is 44.8 Å². The summed E-state index contributed by atoms with van der Waals surface area (Å²) in [5.41, 5.74) is 2.26. The topological polar surface area (TPSA) is 97.4 Å². The van der Waals surface area contributed by atoms with E-state index in [1.165, 1.54) is 12.3 Å². The van der Waals surface area contributed by atoms with Crippen molar-refractivity contribution in [3.05, 3.63) is 70.5 Å². The number of aromatic nitrogens is 1. The molecule has 0 atom stereocenters. The van der Waals surface area contributed by atoms with Gasteiger partial charge in [-0.3, -0.25) is 4.98 Å². The Labute approximate surface area is 196 Å². The monoisotopic (exact) mass is 493 g/mol. The van der Waals surface area contributed by atoms with Crippen molar-refractivity contribution in [3.8, 4) is 16.9 Å². The van der Waals surface area contributed by atoms with Crippen LogP contribution in [0.4, 0.5) is 10.5 Å². The third kappa shape index (κ3) is 5.51. The van der Waals surface area contributed by atoms with Crippen molar-refractivity contribution in [2.45, 2.75) is 18.4 Å². The quantitative estimate of drug-likeness (QED) is 0.472. The summed E-state index contributed by atoms with van der Waals surface area (Å²) in [6.45, 7) is 1.68. The van der Waals surface area contributed by atoms with Crippen LogP contribution < -0.4 is 15.4 Å². The van der Waals surface area contributed by atoms with Gasteiger partial charge in [0.1, 0.15) is 5.75 Å². The highest BCUT2D eigenvalue weighted by Gasteiger charge is 2.16. The molecule has 3 rings (SSSR count). The van der Waals surface area contributed by atoms with E-state index < -0.39 is 15.9 Å². The molecule has 2 amide bonds. The molecule has 0 radical (unpaired) electrons. The molecule has 7 nitrogen and oxygen atoms in total. The van der Waals surface area contributed by atoms with E-state index in [9.17, 15) is 13.2 Å². The molecule has 0 spiro atoms. The largest absolute Gasteiger partial charge is 0.496 e. The lowest BCUT2D eigenvalue weighted by atomic mass is 10.0. The number of halogens is 2. The van der Waals surface area contributed by atoms with Crippen molar-refractivity contribution in [3.63, 3.8) is 0 Å². The number of pyridine rings is 1. The van der Waals surface area contributed by atoms with E-state index in [1.807, 2.05) is 18.2 Å². The fourth-order valence-corrected chi connectivity index (χ4v) is 4.48. The van der Waals surface area contributed by atoms with Gasteiger partial charge in [-0.1, -0.05) is 48.3 Å². The number of para-hydroxylation sites is 1. The standard InChI is InChI=1S/C22H21Cl2N3O4S/c1-3-32(29,30)16-9-8-14(25-13-16)12-26-22(28)27-15-10-18(23)21(19(24)11-15)17-6-4-5-7-20(17)31-2/h4-11,13H,3,12H2,1-2H3,(H2,26,27,28). The third-order valence-electron chi connectivity index (χ3n) is 4.64. The van der Waals surface area contributed by atoms with E-state index in [1.54, 1.807) is 38.3 Å². The number of urea groups is 1. The summed E-state index contributed by atoms with van der Waals surface area (Å²) in [7, 11) is -1.76. The summed E-state index contributed by atoms with van der Waals surface area (Å²) >= 11 is 12.9. The molecule has 2 N–H and O–H groups in total. The zero-order valence-corrected chi connectivity index (χ0v) is 19.7. The Hall–Kier alpha value is -2.81. The molecule has 2 aromatic carbocycles. The van der Waals surface area contributed by atoms with E-state index in [2.05, 4.69) is 15.6 Å². The Bertz CT molecular complexity index is 1210. The fraction of sp³-hybridized carbons (Fsp3) is 0.182. The predicted octanol–water partition coefficient (Wildman–Crippen LogP) is 5.18. The van der Waals surface area contributed by atoms with E-state index in [-0.39, 0.29) is 17.2 Å². The first-order chi connectivity index (χ1) is 15.2. The van der Waals surface area contributed by atoms with Crippen molar-refractivity contribution < 1.29 is 17.9 Å². The van der Waals surface area contributed by atoms with Crippen LogP contribution in [0.3, 0.4) is 0 Å². The number of anilines is 1. The highest BCUT2D eigenvalue weighted by atomic mass is 35.5. The SMILES string of the molecule is CCS(=O)(=O)c1ccc(CNC(=O)Nc2cc(Cl)c(-c3ccccc3OC)c(Cl)c2)nc1. The number of nitrogens with one attached hydrogen (secondary N) is 2. The first-order valence-corrected chi connectivity index (χ1v) is 12.0. The van der Waals surface area contributed by atoms with E-state index in [4.69, 9.17) is 27.9 Å². The number of nitrogens with zero attached hydrogens (tertiary/aromatic N) is 1. The van der Waals surface area contributed by atoms with Crippen LogP contribution in [-0.2, 0) is 16.4 Å². The van der Waals surface area contributed by atoms with Gasteiger partial charge < -0.3 is 15.4 Å². The number of rotatable bonds is 7. The minimum Gasteiger partial charge on any atom is -0.496 e. The third-order valence-corrected chi connectivity index (χ3v) is 6.96. The minimum absolute atomic E-state index is 0.00432. The van der Waals surface area contributed by atoms with Gasteiger partial charge in [-0.05, 0) is 30.3 Å². The second-order valence-electron chi connectivity index (χ2n) is 6.71. The second kappa shape index (κ2) is 10.2. The molecule has 32 heavy (non-hydrogen) atoms. The zero-order valence-electron chi connectivity index (χ0n) is 17.4. The summed E-state index contributed by atoms with van der Waals surface area (Å²) in [6.07, 6.45) is 1.28. The van der Waals surface area contributed by atoms with Crippen LogP contribution in [0.25, 0.3) is 11.1 Å². The molecule has 0 aliphatic carbocycles. The number of sulfone groups is 1. The van der Waals surface area contributed by atoms with Crippen LogP contribution in [0.2, 0.25) is 10.0 Å². The van der Waals surface area contributed by atoms with Crippen LogP contribution in [0.5, 0.6) is 5.75 Å². The molecule has 1 aromatic heterocycles. The lowest BCUT2D eigenvalue weighted by molar-refractivity contribution is 0.251. The summed E-state index contributed by atoms with van der Waals surface area (Å²) in [6, 6.07) is 13.1. The van der Waals surface area contributed by atoms with Gasteiger partial charge in [-0.25, -0.2) is 13.2 Å². The smallest absolute Gasteiger partial charge is 0.319 e. The lowest BCUT2D eigenvalue weighted by Crippen LogP contribution is -2.28.